The molecule has 0 saturated heterocycles. The number of primary amides is 1. The number of hydrogen-bond donors (Lipinski definition) is 2. The molecule has 0 bridgehead atoms. The van der Waals surface area contributed by atoms with E-state index in [1.807, 2.05) is 19.0 Å². The SMILES string of the molecule is CN(C)[C@H](CNC(=O)C[C@H](CC1CC1)c1cncnc1)Cc1ccc(C(N)=O)c(F)c1. The van der Waals surface area contributed by atoms with Gasteiger partial charge in [-0.05, 0) is 62.0 Å². The molecule has 0 spiro atoms. The van der Waals surface area contributed by atoms with E-state index in [0.717, 1.165) is 17.5 Å². The summed E-state index contributed by atoms with van der Waals surface area (Å²) in [6.45, 7) is 0.437. The summed E-state index contributed by atoms with van der Waals surface area (Å²) in [6.07, 6.45) is 9.43. The molecule has 1 fully saturated rings. The molecule has 2 amide bonds. The Hall–Kier alpha value is -2.87. The number of likely N-dealkylation sites (N-methyl/N-ethyl adjacent to an activating group) is 1. The zero-order chi connectivity index (χ0) is 22.4. The van der Waals surface area contributed by atoms with Gasteiger partial charge in [0.2, 0.25) is 5.91 Å². The van der Waals surface area contributed by atoms with Gasteiger partial charge in [-0.15, -0.1) is 0 Å². The van der Waals surface area contributed by atoms with Crippen LogP contribution < -0.4 is 11.1 Å². The molecule has 0 unspecified atom stereocenters. The van der Waals surface area contributed by atoms with E-state index in [9.17, 15) is 14.0 Å². The Labute approximate surface area is 182 Å². The van der Waals surface area contributed by atoms with Crippen LogP contribution in [0.1, 0.15) is 53.1 Å². The van der Waals surface area contributed by atoms with E-state index < -0.39 is 11.7 Å². The van der Waals surface area contributed by atoms with Gasteiger partial charge in [-0.1, -0.05) is 18.9 Å². The van der Waals surface area contributed by atoms with Crippen LogP contribution in [0.5, 0.6) is 0 Å². The number of hydrogen-bond acceptors (Lipinski definition) is 5. The van der Waals surface area contributed by atoms with Crippen LogP contribution in [0.2, 0.25) is 0 Å². The van der Waals surface area contributed by atoms with Crippen LogP contribution in [0, 0.1) is 11.7 Å². The molecule has 3 N–H and O–H groups in total. The first kappa shape index (κ1) is 22.8. The molecule has 8 heteroatoms. The molecule has 1 heterocycles. The monoisotopic (exact) mass is 427 g/mol. The summed E-state index contributed by atoms with van der Waals surface area (Å²) < 4.78 is 14.1. The fourth-order valence-electron chi connectivity index (χ4n) is 3.74. The quantitative estimate of drug-likeness (QED) is 0.573. The summed E-state index contributed by atoms with van der Waals surface area (Å²) in [6, 6.07) is 4.41. The number of halogens is 1. The molecule has 1 aliphatic rings. The third-order valence-corrected chi connectivity index (χ3v) is 5.83. The van der Waals surface area contributed by atoms with Gasteiger partial charge in [0.15, 0.2) is 0 Å². The van der Waals surface area contributed by atoms with Crippen LogP contribution in [0.15, 0.2) is 36.9 Å². The predicted octanol–water partition coefficient (Wildman–Crippen LogP) is 2.28. The molecule has 2 atom stereocenters. The zero-order valence-electron chi connectivity index (χ0n) is 18.1. The predicted molar refractivity (Wildman–Crippen MR) is 116 cm³/mol. The summed E-state index contributed by atoms with van der Waals surface area (Å²) >= 11 is 0. The Morgan fingerprint density at radius 1 is 1.26 bits per heavy atom. The fraction of sp³-hybridized carbons (Fsp3) is 0.478. The van der Waals surface area contributed by atoms with Gasteiger partial charge >= 0.3 is 0 Å². The fourth-order valence-corrected chi connectivity index (χ4v) is 3.74. The number of nitrogens with zero attached hydrogens (tertiary/aromatic N) is 3. The normalized spacial score (nSPS) is 15.5. The van der Waals surface area contributed by atoms with Crippen molar-refractivity contribution in [3.8, 4) is 0 Å². The molecule has 0 radical (unpaired) electrons. The van der Waals surface area contributed by atoms with Gasteiger partial charge in [-0.3, -0.25) is 9.59 Å². The Kier molecular flexibility index (Phi) is 7.68. The number of amides is 2. The van der Waals surface area contributed by atoms with E-state index in [2.05, 4.69) is 15.3 Å². The second-order valence-corrected chi connectivity index (χ2v) is 8.56. The topological polar surface area (TPSA) is 101 Å². The Morgan fingerprint density at radius 2 is 1.97 bits per heavy atom. The lowest BCUT2D eigenvalue weighted by Crippen LogP contribution is -2.42. The second-order valence-electron chi connectivity index (χ2n) is 8.56. The zero-order valence-corrected chi connectivity index (χ0v) is 18.1. The van der Waals surface area contributed by atoms with Gasteiger partial charge in [0.05, 0.1) is 5.56 Å². The first-order chi connectivity index (χ1) is 14.8. The highest BCUT2D eigenvalue weighted by Gasteiger charge is 2.28. The average Bonchev–Trinajstić information content (AvgIpc) is 3.55. The van der Waals surface area contributed by atoms with Crippen molar-refractivity contribution in [3.05, 3.63) is 59.4 Å². The van der Waals surface area contributed by atoms with Gasteiger partial charge in [-0.25, -0.2) is 14.4 Å². The highest BCUT2D eigenvalue weighted by atomic mass is 19.1. The largest absolute Gasteiger partial charge is 0.366 e. The maximum Gasteiger partial charge on any atom is 0.251 e. The number of rotatable bonds is 11. The van der Waals surface area contributed by atoms with Crippen molar-refractivity contribution >= 4 is 11.8 Å². The van der Waals surface area contributed by atoms with Crippen LogP contribution in [0.3, 0.4) is 0 Å². The standard InChI is InChI=1S/C23H30FN5O2/c1-29(2)19(8-16-5-6-20(23(25)31)21(24)9-16)13-28-22(30)10-17(7-15-3-4-15)18-11-26-14-27-12-18/h5-6,9,11-12,14-15,17,19H,3-4,7-8,10,13H2,1-2H3,(H2,25,31)(H,28,30)/t17-,19-/m0/s1. The molecule has 1 aromatic carbocycles. The lowest BCUT2D eigenvalue weighted by atomic mass is 9.92. The average molecular weight is 428 g/mol. The molecule has 31 heavy (non-hydrogen) atoms. The molecule has 1 saturated carbocycles. The molecule has 0 aliphatic heterocycles. The number of aromatic nitrogens is 2. The van der Waals surface area contributed by atoms with Crippen molar-refractivity contribution in [2.75, 3.05) is 20.6 Å². The van der Waals surface area contributed by atoms with Gasteiger partial charge in [0, 0.05) is 31.4 Å². The van der Waals surface area contributed by atoms with Crippen molar-refractivity contribution in [1.82, 2.24) is 20.2 Å². The number of carbonyl (C=O) groups excluding carboxylic acids is 2. The summed E-state index contributed by atoms with van der Waals surface area (Å²) in [4.78, 5) is 34.1. The lowest BCUT2D eigenvalue weighted by Gasteiger charge is -2.25. The van der Waals surface area contributed by atoms with E-state index in [1.165, 1.54) is 31.3 Å². The van der Waals surface area contributed by atoms with Crippen molar-refractivity contribution in [2.45, 2.75) is 44.1 Å². The van der Waals surface area contributed by atoms with Gasteiger partial charge in [0.1, 0.15) is 12.1 Å². The Morgan fingerprint density at radius 3 is 2.55 bits per heavy atom. The maximum absolute atomic E-state index is 14.1. The third kappa shape index (κ3) is 6.82. The molecular weight excluding hydrogens is 397 g/mol. The molecule has 2 aromatic rings. The van der Waals surface area contributed by atoms with Crippen molar-refractivity contribution < 1.29 is 14.0 Å². The van der Waals surface area contributed by atoms with Crippen LogP contribution in [0.4, 0.5) is 4.39 Å². The maximum atomic E-state index is 14.1. The highest BCUT2D eigenvalue weighted by Crippen LogP contribution is 2.39. The summed E-state index contributed by atoms with van der Waals surface area (Å²) in [7, 11) is 3.84. The number of nitrogens with one attached hydrogen (secondary N) is 1. The minimum absolute atomic E-state index is 0.0170. The molecule has 1 aromatic heterocycles. The van der Waals surface area contributed by atoms with Gasteiger partial charge in [0.25, 0.3) is 5.91 Å². The molecular formula is C23H30FN5O2. The van der Waals surface area contributed by atoms with Crippen molar-refractivity contribution in [1.29, 1.82) is 0 Å². The van der Waals surface area contributed by atoms with Crippen LogP contribution in [-0.4, -0.2) is 53.4 Å². The first-order valence-corrected chi connectivity index (χ1v) is 10.6. The minimum Gasteiger partial charge on any atom is -0.366 e. The summed E-state index contributed by atoms with van der Waals surface area (Å²) in [5.41, 5.74) is 6.79. The molecule has 1 aliphatic carbocycles. The van der Waals surface area contributed by atoms with Crippen LogP contribution in [0.25, 0.3) is 0 Å². The smallest absolute Gasteiger partial charge is 0.251 e. The Bertz CT molecular complexity index is 902. The van der Waals surface area contributed by atoms with Crippen LogP contribution >= 0.6 is 0 Å². The number of benzene rings is 1. The molecule has 166 valence electrons. The number of nitrogens with two attached hydrogens (primary N) is 1. The first-order valence-electron chi connectivity index (χ1n) is 10.6. The van der Waals surface area contributed by atoms with Gasteiger partial charge in [-0.2, -0.15) is 0 Å². The van der Waals surface area contributed by atoms with Crippen molar-refractivity contribution in [3.63, 3.8) is 0 Å². The van der Waals surface area contributed by atoms with E-state index in [4.69, 9.17) is 5.73 Å². The second kappa shape index (κ2) is 10.4. The minimum atomic E-state index is -0.787. The Balaban J connectivity index is 1.58. The number of carbonyl (C=O) groups is 2. The van der Waals surface area contributed by atoms with E-state index in [-0.39, 0.29) is 23.4 Å². The molecule has 7 nitrogen and oxygen atoms in total. The van der Waals surface area contributed by atoms with Crippen molar-refractivity contribution in [2.24, 2.45) is 11.7 Å². The van der Waals surface area contributed by atoms with E-state index in [0.29, 0.717) is 25.3 Å². The van der Waals surface area contributed by atoms with Gasteiger partial charge < -0.3 is 16.0 Å². The van der Waals surface area contributed by atoms with Crippen LogP contribution in [-0.2, 0) is 11.2 Å². The molecule has 3 rings (SSSR count). The highest BCUT2D eigenvalue weighted by molar-refractivity contribution is 5.93. The lowest BCUT2D eigenvalue weighted by molar-refractivity contribution is -0.121. The summed E-state index contributed by atoms with van der Waals surface area (Å²) in [5.74, 6) is -0.631. The summed E-state index contributed by atoms with van der Waals surface area (Å²) in [5, 5.41) is 3.03. The van der Waals surface area contributed by atoms with E-state index >= 15 is 0 Å². The van der Waals surface area contributed by atoms with E-state index in [1.54, 1.807) is 18.5 Å². The third-order valence-electron chi connectivity index (χ3n) is 5.83.